The molecule has 8 heteroatoms. The number of aromatic nitrogens is 3. The Balaban J connectivity index is 1.71. The van der Waals surface area contributed by atoms with Crippen molar-refractivity contribution in [1.29, 1.82) is 0 Å². The highest BCUT2D eigenvalue weighted by molar-refractivity contribution is 7.98. The van der Waals surface area contributed by atoms with Gasteiger partial charge < -0.3 is 15.2 Å². The maximum Gasteiger partial charge on any atom is 0.191 e. The number of hydrogen-bond donors (Lipinski definition) is 2. The fraction of sp³-hybridized carbons (Fsp3) is 0.500. The number of thioether (sulfide) groups is 1. The van der Waals surface area contributed by atoms with Crippen molar-refractivity contribution in [3.05, 3.63) is 47.8 Å². The van der Waals surface area contributed by atoms with Crippen LogP contribution in [-0.4, -0.2) is 46.1 Å². The Hall–Kier alpha value is -2.09. The predicted molar refractivity (Wildman–Crippen MR) is 106 cm³/mol. The fourth-order valence-electron chi connectivity index (χ4n) is 2.40. The van der Waals surface area contributed by atoms with Crippen LogP contribution in [0.2, 0.25) is 0 Å². The second kappa shape index (κ2) is 11.5. The molecule has 0 aliphatic heterocycles. The van der Waals surface area contributed by atoms with E-state index in [0.29, 0.717) is 12.3 Å². The number of nitrogens with zero attached hydrogens (tertiary/aromatic N) is 4. The number of guanidine groups is 1. The van der Waals surface area contributed by atoms with Gasteiger partial charge in [0.2, 0.25) is 0 Å². The monoisotopic (exact) mass is 378 g/mol. The van der Waals surface area contributed by atoms with Crippen LogP contribution in [0.5, 0.6) is 0 Å². The standard InChI is InChI=1S/C18H27FN6S/c1-3-17-24-23-14-25(17)11-9-21-18(20-4-2)22-10-12-26-13-15-7-5-6-8-16(15)19/h5-8,14H,3-4,9-13H2,1-2H3,(H2,20,21,22). The van der Waals surface area contributed by atoms with Crippen molar-refractivity contribution in [3.8, 4) is 0 Å². The Morgan fingerprint density at radius 3 is 2.88 bits per heavy atom. The highest BCUT2D eigenvalue weighted by Gasteiger charge is 2.03. The molecule has 2 N–H and O–H groups in total. The zero-order valence-corrected chi connectivity index (χ0v) is 16.2. The largest absolute Gasteiger partial charge is 0.357 e. The van der Waals surface area contributed by atoms with Crippen LogP contribution in [-0.2, 0) is 18.7 Å². The van der Waals surface area contributed by atoms with E-state index in [2.05, 4.69) is 32.7 Å². The molecule has 2 rings (SSSR count). The molecule has 6 nitrogen and oxygen atoms in total. The van der Waals surface area contributed by atoms with Crippen molar-refractivity contribution in [2.24, 2.45) is 4.99 Å². The summed E-state index contributed by atoms with van der Waals surface area (Å²) in [4.78, 5) is 4.57. The van der Waals surface area contributed by atoms with Gasteiger partial charge in [-0.3, -0.25) is 4.99 Å². The Labute approximate surface area is 158 Å². The zero-order valence-electron chi connectivity index (χ0n) is 15.4. The first kappa shape index (κ1) is 20.2. The summed E-state index contributed by atoms with van der Waals surface area (Å²) < 4.78 is 15.6. The molecule has 0 radical (unpaired) electrons. The average molecular weight is 379 g/mol. The predicted octanol–water partition coefficient (Wildman–Crippen LogP) is 2.47. The molecule has 1 aromatic heterocycles. The molecule has 0 aliphatic rings. The number of nitrogens with one attached hydrogen (secondary N) is 2. The molecule has 0 saturated carbocycles. The van der Waals surface area contributed by atoms with E-state index in [0.717, 1.165) is 49.2 Å². The summed E-state index contributed by atoms with van der Waals surface area (Å²) in [5.41, 5.74) is 0.743. The molecule has 0 fully saturated rings. The van der Waals surface area contributed by atoms with Crippen LogP contribution in [0.3, 0.4) is 0 Å². The third-order valence-corrected chi connectivity index (χ3v) is 4.71. The van der Waals surface area contributed by atoms with Crippen LogP contribution in [0, 0.1) is 5.82 Å². The fourth-order valence-corrected chi connectivity index (χ4v) is 3.21. The average Bonchev–Trinajstić information content (AvgIpc) is 3.10. The molecular formula is C18H27FN6S. The summed E-state index contributed by atoms with van der Waals surface area (Å²) in [7, 11) is 0. The van der Waals surface area contributed by atoms with Crippen LogP contribution in [0.1, 0.15) is 25.2 Å². The number of hydrogen-bond acceptors (Lipinski definition) is 4. The van der Waals surface area contributed by atoms with Crippen molar-refractivity contribution in [2.75, 3.05) is 25.4 Å². The third kappa shape index (κ3) is 6.67. The van der Waals surface area contributed by atoms with E-state index >= 15 is 0 Å². The minimum absolute atomic E-state index is 0.140. The highest BCUT2D eigenvalue weighted by atomic mass is 32.2. The number of halogens is 1. The van der Waals surface area contributed by atoms with Crippen molar-refractivity contribution in [1.82, 2.24) is 25.4 Å². The van der Waals surface area contributed by atoms with Crippen molar-refractivity contribution < 1.29 is 4.39 Å². The van der Waals surface area contributed by atoms with E-state index in [4.69, 9.17) is 0 Å². The summed E-state index contributed by atoms with van der Waals surface area (Å²) in [6.07, 6.45) is 2.62. The molecule has 0 aliphatic carbocycles. The van der Waals surface area contributed by atoms with Gasteiger partial charge in [0, 0.05) is 37.6 Å². The maximum atomic E-state index is 13.6. The van der Waals surface area contributed by atoms with Crippen LogP contribution in [0.4, 0.5) is 4.39 Å². The lowest BCUT2D eigenvalue weighted by molar-refractivity contribution is 0.617. The Morgan fingerprint density at radius 1 is 1.27 bits per heavy atom. The quantitative estimate of drug-likeness (QED) is 0.378. The van der Waals surface area contributed by atoms with Gasteiger partial charge in [-0.05, 0) is 18.6 Å². The van der Waals surface area contributed by atoms with Gasteiger partial charge in [-0.2, -0.15) is 11.8 Å². The smallest absolute Gasteiger partial charge is 0.191 e. The second-order valence-corrected chi connectivity index (χ2v) is 6.73. The van der Waals surface area contributed by atoms with Gasteiger partial charge in [0.05, 0.1) is 6.54 Å². The molecular weight excluding hydrogens is 351 g/mol. The molecule has 26 heavy (non-hydrogen) atoms. The van der Waals surface area contributed by atoms with Gasteiger partial charge >= 0.3 is 0 Å². The molecule has 0 atom stereocenters. The van der Waals surface area contributed by atoms with Gasteiger partial charge in [0.15, 0.2) is 5.96 Å². The van der Waals surface area contributed by atoms with Crippen molar-refractivity contribution >= 4 is 17.7 Å². The number of benzene rings is 1. The molecule has 0 saturated heterocycles. The van der Waals surface area contributed by atoms with Gasteiger partial charge in [0.25, 0.3) is 0 Å². The molecule has 0 spiro atoms. The molecule has 2 aromatic rings. The van der Waals surface area contributed by atoms with Gasteiger partial charge in [-0.15, -0.1) is 10.2 Å². The lowest BCUT2D eigenvalue weighted by Gasteiger charge is -2.12. The maximum absolute atomic E-state index is 13.6. The van der Waals surface area contributed by atoms with Gasteiger partial charge in [-0.25, -0.2) is 4.39 Å². The summed E-state index contributed by atoms with van der Waals surface area (Å²) in [5.74, 6) is 3.15. The van der Waals surface area contributed by atoms with Crippen LogP contribution >= 0.6 is 11.8 Å². The first-order chi connectivity index (χ1) is 12.7. The summed E-state index contributed by atoms with van der Waals surface area (Å²) >= 11 is 1.68. The summed E-state index contributed by atoms with van der Waals surface area (Å²) in [5, 5.41) is 14.6. The van der Waals surface area contributed by atoms with E-state index in [1.807, 2.05) is 23.6 Å². The normalized spacial score (nSPS) is 11.6. The highest BCUT2D eigenvalue weighted by Crippen LogP contribution is 2.14. The van der Waals surface area contributed by atoms with E-state index in [-0.39, 0.29) is 5.82 Å². The van der Waals surface area contributed by atoms with Gasteiger partial charge in [0.1, 0.15) is 18.0 Å². The first-order valence-electron chi connectivity index (χ1n) is 8.94. The molecule has 0 amide bonds. The van der Waals surface area contributed by atoms with Crippen LogP contribution < -0.4 is 10.6 Å². The summed E-state index contributed by atoms with van der Waals surface area (Å²) in [6, 6.07) is 6.91. The Kier molecular flexibility index (Phi) is 8.95. The van der Waals surface area contributed by atoms with Crippen LogP contribution in [0.15, 0.2) is 35.6 Å². The minimum atomic E-state index is -0.140. The number of rotatable bonds is 10. The van der Waals surface area contributed by atoms with E-state index in [1.165, 1.54) is 6.07 Å². The SMILES string of the molecule is CCNC(=NCCSCc1ccccc1F)NCCn1cnnc1CC. The van der Waals surface area contributed by atoms with E-state index in [1.54, 1.807) is 24.2 Å². The molecule has 0 bridgehead atoms. The Bertz CT molecular complexity index is 688. The second-order valence-electron chi connectivity index (χ2n) is 5.63. The molecule has 1 aromatic carbocycles. The molecule has 0 unspecified atom stereocenters. The zero-order chi connectivity index (χ0) is 18.6. The summed E-state index contributed by atoms with van der Waals surface area (Å²) in [6.45, 7) is 7.14. The van der Waals surface area contributed by atoms with E-state index in [9.17, 15) is 4.39 Å². The molecule has 1 heterocycles. The Morgan fingerprint density at radius 2 is 2.12 bits per heavy atom. The third-order valence-electron chi connectivity index (χ3n) is 3.72. The molecule has 142 valence electrons. The topological polar surface area (TPSA) is 67.1 Å². The van der Waals surface area contributed by atoms with Crippen LogP contribution in [0.25, 0.3) is 0 Å². The number of aliphatic imine (C=N–C) groups is 1. The first-order valence-corrected chi connectivity index (χ1v) is 10.1. The van der Waals surface area contributed by atoms with Crippen molar-refractivity contribution in [2.45, 2.75) is 32.6 Å². The number of aryl methyl sites for hydroxylation is 1. The van der Waals surface area contributed by atoms with Gasteiger partial charge in [-0.1, -0.05) is 25.1 Å². The lowest BCUT2D eigenvalue weighted by Crippen LogP contribution is -2.39. The van der Waals surface area contributed by atoms with Crippen molar-refractivity contribution in [3.63, 3.8) is 0 Å². The van der Waals surface area contributed by atoms with E-state index < -0.39 is 0 Å². The minimum Gasteiger partial charge on any atom is -0.357 e. The lowest BCUT2D eigenvalue weighted by atomic mass is 10.2.